The molecule has 2 rings (SSSR count). The Bertz CT molecular complexity index is 578. The first kappa shape index (κ1) is 12.2. The maximum absolute atomic E-state index is 13.4. The van der Waals surface area contributed by atoms with Crippen LogP contribution in [-0.2, 0) is 0 Å². The number of hydrogen-bond donors (Lipinski definition) is 1. The zero-order valence-corrected chi connectivity index (χ0v) is 8.88. The second kappa shape index (κ2) is 4.56. The average molecular weight is 257 g/mol. The molecule has 0 atom stereocenters. The van der Waals surface area contributed by atoms with Gasteiger partial charge in [-0.1, -0.05) is 0 Å². The van der Waals surface area contributed by atoms with E-state index in [2.05, 4.69) is 0 Å². The van der Waals surface area contributed by atoms with Crippen molar-refractivity contribution < 1.29 is 22.3 Å². The molecule has 0 fully saturated rings. The van der Waals surface area contributed by atoms with Gasteiger partial charge in [0, 0.05) is 23.9 Å². The summed E-state index contributed by atoms with van der Waals surface area (Å²) in [4.78, 5) is 0. The summed E-state index contributed by atoms with van der Waals surface area (Å²) in [6, 6.07) is 4.05. The number of rotatable bonds is 2. The van der Waals surface area contributed by atoms with Crippen LogP contribution in [0.15, 0.2) is 30.3 Å². The predicted octanol–water partition coefficient (Wildman–Crippen LogP) is 3.62. The van der Waals surface area contributed by atoms with Crippen LogP contribution >= 0.6 is 0 Å². The minimum Gasteiger partial charge on any atom is -0.448 e. The van der Waals surface area contributed by atoms with E-state index in [4.69, 9.17) is 10.5 Å². The molecule has 0 aliphatic rings. The van der Waals surface area contributed by atoms with Crippen molar-refractivity contribution in [3.05, 3.63) is 53.6 Å². The third kappa shape index (κ3) is 2.37. The van der Waals surface area contributed by atoms with Crippen LogP contribution in [0.3, 0.4) is 0 Å². The highest BCUT2D eigenvalue weighted by atomic mass is 19.1. The molecule has 0 saturated heterocycles. The number of nitrogen functional groups attached to an aromatic ring is 1. The van der Waals surface area contributed by atoms with Gasteiger partial charge in [0.05, 0.1) is 0 Å². The van der Waals surface area contributed by atoms with Gasteiger partial charge in [0.2, 0.25) is 0 Å². The molecule has 0 amide bonds. The quantitative estimate of drug-likeness (QED) is 0.658. The Morgan fingerprint density at radius 3 is 2.00 bits per heavy atom. The Hall–Kier alpha value is -2.24. The topological polar surface area (TPSA) is 35.2 Å². The average Bonchev–Trinajstić information content (AvgIpc) is 2.25. The van der Waals surface area contributed by atoms with E-state index in [9.17, 15) is 17.6 Å². The van der Waals surface area contributed by atoms with E-state index >= 15 is 0 Å². The highest BCUT2D eigenvalue weighted by Crippen LogP contribution is 2.30. The smallest absolute Gasteiger partial charge is 0.198 e. The fourth-order valence-corrected chi connectivity index (χ4v) is 1.34. The van der Waals surface area contributed by atoms with E-state index in [0.29, 0.717) is 6.07 Å². The van der Waals surface area contributed by atoms with E-state index in [1.807, 2.05) is 0 Å². The monoisotopic (exact) mass is 257 g/mol. The molecular formula is C12H7F4NO. The van der Waals surface area contributed by atoms with Crippen LogP contribution in [0.4, 0.5) is 23.2 Å². The normalized spacial score (nSPS) is 10.4. The molecule has 0 aliphatic heterocycles. The summed E-state index contributed by atoms with van der Waals surface area (Å²) in [6.45, 7) is 0. The first-order chi connectivity index (χ1) is 8.47. The van der Waals surface area contributed by atoms with Gasteiger partial charge in [0.1, 0.15) is 5.82 Å². The SMILES string of the molecule is Nc1cc(F)c(Oc2ccc(F)cc2F)c(F)c1. The number of anilines is 1. The van der Waals surface area contributed by atoms with E-state index in [1.54, 1.807) is 0 Å². The lowest BCUT2D eigenvalue weighted by molar-refractivity contribution is 0.386. The van der Waals surface area contributed by atoms with Crippen LogP contribution in [0.5, 0.6) is 11.5 Å². The number of hydrogen-bond acceptors (Lipinski definition) is 2. The van der Waals surface area contributed by atoms with E-state index in [0.717, 1.165) is 24.3 Å². The molecule has 0 unspecified atom stereocenters. The summed E-state index contributed by atoms with van der Waals surface area (Å²) in [6.07, 6.45) is 0. The molecule has 0 aliphatic carbocycles. The third-order valence-corrected chi connectivity index (χ3v) is 2.13. The molecule has 2 aromatic carbocycles. The minimum atomic E-state index is -1.07. The summed E-state index contributed by atoms with van der Waals surface area (Å²) >= 11 is 0. The van der Waals surface area contributed by atoms with Crippen molar-refractivity contribution in [2.45, 2.75) is 0 Å². The van der Waals surface area contributed by atoms with Crippen molar-refractivity contribution in [1.29, 1.82) is 0 Å². The van der Waals surface area contributed by atoms with Crippen LogP contribution in [-0.4, -0.2) is 0 Å². The minimum absolute atomic E-state index is 0.128. The molecule has 0 heterocycles. The fourth-order valence-electron chi connectivity index (χ4n) is 1.34. The summed E-state index contributed by atoms with van der Waals surface area (Å²) in [5.41, 5.74) is 5.08. The van der Waals surface area contributed by atoms with Gasteiger partial charge >= 0.3 is 0 Å². The third-order valence-electron chi connectivity index (χ3n) is 2.13. The first-order valence-corrected chi connectivity index (χ1v) is 4.85. The van der Waals surface area contributed by atoms with Gasteiger partial charge in [-0.2, -0.15) is 0 Å². The van der Waals surface area contributed by atoms with E-state index in [1.165, 1.54) is 0 Å². The van der Waals surface area contributed by atoms with Gasteiger partial charge in [-0.15, -0.1) is 0 Å². The van der Waals surface area contributed by atoms with Crippen LogP contribution in [0.25, 0.3) is 0 Å². The molecule has 2 nitrogen and oxygen atoms in total. The summed E-state index contributed by atoms with van der Waals surface area (Å²) in [5, 5.41) is 0. The van der Waals surface area contributed by atoms with E-state index in [-0.39, 0.29) is 5.69 Å². The zero-order valence-electron chi connectivity index (χ0n) is 8.88. The van der Waals surface area contributed by atoms with Crippen LogP contribution in [0.2, 0.25) is 0 Å². The second-order valence-corrected chi connectivity index (χ2v) is 3.49. The molecule has 0 radical (unpaired) electrons. The second-order valence-electron chi connectivity index (χ2n) is 3.49. The largest absolute Gasteiger partial charge is 0.448 e. The van der Waals surface area contributed by atoms with Crippen molar-refractivity contribution in [3.63, 3.8) is 0 Å². The lowest BCUT2D eigenvalue weighted by Gasteiger charge is -2.09. The standard InChI is InChI=1S/C12H7F4NO/c13-6-1-2-11(8(14)3-6)18-12-9(15)4-7(17)5-10(12)16/h1-5H,17H2. The lowest BCUT2D eigenvalue weighted by atomic mass is 10.2. The van der Waals surface area contributed by atoms with E-state index < -0.39 is 34.8 Å². The molecule has 0 bridgehead atoms. The Balaban J connectivity index is 2.40. The van der Waals surface area contributed by atoms with Gasteiger partial charge in [-0.05, 0) is 12.1 Å². The molecule has 6 heteroatoms. The number of ether oxygens (including phenoxy) is 1. The highest BCUT2D eigenvalue weighted by Gasteiger charge is 2.15. The van der Waals surface area contributed by atoms with Crippen molar-refractivity contribution in [2.24, 2.45) is 0 Å². The van der Waals surface area contributed by atoms with Crippen molar-refractivity contribution in [2.75, 3.05) is 5.73 Å². The Labute approximate surface area is 99.6 Å². The summed E-state index contributed by atoms with van der Waals surface area (Å²) in [7, 11) is 0. The van der Waals surface area contributed by atoms with Gasteiger partial charge in [-0.3, -0.25) is 0 Å². The number of benzene rings is 2. The van der Waals surface area contributed by atoms with Gasteiger partial charge in [-0.25, -0.2) is 17.6 Å². The maximum atomic E-state index is 13.4. The summed E-state index contributed by atoms with van der Waals surface area (Å²) in [5.74, 6) is -5.31. The Kier molecular flexibility index (Phi) is 3.10. The van der Waals surface area contributed by atoms with Gasteiger partial charge in [0.15, 0.2) is 29.0 Å². The predicted molar refractivity (Wildman–Crippen MR) is 57.2 cm³/mol. The van der Waals surface area contributed by atoms with Crippen LogP contribution < -0.4 is 10.5 Å². The molecule has 0 spiro atoms. The highest BCUT2D eigenvalue weighted by molar-refractivity contribution is 5.45. The Morgan fingerprint density at radius 2 is 1.44 bits per heavy atom. The van der Waals surface area contributed by atoms with Crippen molar-refractivity contribution in [1.82, 2.24) is 0 Å². The van der Waals surface area contributed by atoms with Crippen molar-refractivity contribution >= 4 is 5.69 Å². The van der Waals surface area contributed by atoms with Crippen molar-refractivity contribution in [3.8, 4) is 11.5 Å². The summed E-state index contributed by atoms with van der Waals surface area (Å²) < 4.78 is 57.3. The Morgan fingerprint density at radius 1 is 0.833 bits per heavy atom. The molecule has 94 valence electrons. The van der Waals surface area contributed by atoms with Gasteiger partial charge < -0.3 is 10.5 Å². The molecule has 2 aromatic rings. The van der Waals surface area contributed by atoms with Crippen LogP contribution in [0.1, 0.15) is 0 Å². The van der Waals surface area contributed by atoms with Gasteiger partial charge in [0.25, 0.3) is 0 Å². The molecular weight excluding hydrogens is 250 g/mol. The van der Waals surface area contributed by atoms with Crippen LogP contribution in [0, 0.1) is 23.3 Å². The fraction of sp³-hybridized carbons (Fsp3) is 0. The lowest BCUT2D eigenvalue weighted by Crippen LogP contribution is -1.97. The number of halogens is 4. The molecule has 0 saturated carbocycles. The molecule has 0 aromatic heterocycles. The maximum Gasteiger partial charge on any atom is 0.198 e. The number of nitrogens with two attached hydrogens (primary N) is 1. The first-order valence-electron chi connectivity index (χ1n) is 4.85. The zero-order chi connectivity index (χ0) is 13.3. The molecule has 18 heavy (non-hydrogen) atoms. The molecule has 2 N–H and O–H groups in total.